The molecule has 1 aromatic heterocycles. The van der Waals surface area contributed by atoms with Crippen molar-refractivity contribution in [3.05, 3.63) is 46.3 Å². The van der Waals surface area contributed by atoms with Gasteiger partial charge in [-0.1, -0.05) is 43.6 Å². The van der Waals surface area contributed by atoms with Crippen LogP contribution >= 0.6 is 22.9 Å². The third-order valence-electron chi connectivity index (χ3n) is 4.37. The number of carboxylic acid groups (broad SMARTS) is 1. The Hall–Kier alpha value is -1.36. The Morgan fingerprint density at radius 1 is 1.22 bits per heavy atom. The fourth-order valence-corrected chi connectivity index (χ4v) is 3.89. The first-order valence-corrected chi connectivity index (χ1v) is 8.99. The maximum Gasteiger partial charge on any atom is 0.310 e. The Balaban J connectivity index is 2.00. The number of hydrogen-bond donors (Lipinski definition) is 2. The molecule has 5 heteroatoms. The lowest BCUT2D eigenvalue weighted by Gasteiger charge is -2.26. The molecule has 0 aliphatic carbocycles. The van der Waals surface area contributed by atoms with Gasteiger partial charge in [0.25, 0.3) is 0 Å². The molecule has 124 valence electrons. The van der Waals surface area contributed by atoms with Gasteiger partial charge in [0.15, 0.2) is 0 Å². The molecular weight excluding hydrogens is 330 g/mol. The first kappa shape index (κ1) is 18.0. The van der Waals surface area contributed by atoms with E-state index in [1.807, 2.05) is 38.1 Å². The van der Waals surface area contributed by atoms with E-state index in [0.29, 0.717) is 25.9 Å². The van der Waals surface area contributed by atoms with Crippen LogP contribution in [0.1, 0.15) is 31.6 Å². The average Bonchev–Trinajstić information content (AvgIpc) is 3.00. The highest BCUT2D eigenvalue weighted by Gasteiger charge is 2.34. The van der Waals surface area contributed by atoms with E-state index < -0.39 is 11.4 Å². The fraction of sp³-hybridized carbons (Fsp3) is 0.389. The molecule has 0 aliphatic rings. The van der Waals surface area contributed by atoms with Crippen molar-refractivity contribution in [2.45, 2.75) is 33.2 Å². The molecule has 0 aliphatic heterocycles. The van der Waals surface area contributed by atoms with Crippen LogP contribution in [0.2, 0.25) is 5.02 Å². The van der Waals surface area contributed by atoms with Crippen molar-refractivity contribution < 1.29 is 9.90 Å². The van der Waals surface area contributed by atoms with E-state index in [2.05, 4.69) is 17.4 Å². The van der Waals surface area contributed by atoms with E-state index >= 15 is 0 Å². The van der Waals surface area contributed by atoms with E-state index in [1.165, 1.54) is 4.88 Å². The van der Waals surface area contributed by atoms with E-state index in [0.717, 1.165) is 15.5 Å². The molecule has 2 aromatic rings. The topological polar surface area (TPSA) is 49.3 Å². The molecule has 0 radical (unpaired) electrons. The maximum absolute atomic E-state index is 11.5. The summed E-state index contributed by atoms with van der Waals surface area (Å²) in [5, 5.41) is 13.5. The third-order valence-corrected chi connectivity index (χ3v) is 5.82. The highest BCUT2D eigenvalue weighted by molar-refractivity contribution is 7.15. The van der Waals surface area contributed by atoms with Crippen molar-refractivity contribution >= 4 is 28.9 Å². The molecule has 0 bridgehead atoms. The minimum atomic E-state index is -0.724. The fourth-order valence-electron chi connectivity index (χ4n) is 2.58. The number of aliphatic carboxylic acids is 1. The smallest absolute Gasteiger partial charge is 0.310 e. The number of rotatable bonds is 8. The molecular formula is C18H22ClNO2S. The molecule has 0 fully saturated rings. The Bertz CT molecular complexity index is 665. The Morgan fingerprint density at radius 3 is 2.52 bits per heavy atom. The number of nitrogens with one attached hydrogen (secondary N) is 1. The molecule has 0 saturated heterocycles. The zero-order valence-electron chi connectivity index (χ0n) is 13.4. The molecule has 2 rings (SSSR count). The summed E-state index contributed by atoms with van der Waals surface area (Å²) in [5.74, 6) is -0.724. The summed E-state index contributed by atoms with van der Waals surface area (Å²) in [4.78, 5) is 13.8. The molecule has 0 atom stereocenters. The summed E-state index contributed by atoms with van der Waals surface area (Å²) in [6.45, 7) is 5.01. The van der Waals surface area contributed by atoms with Crippen LogP contribution in [-0.2, 0) is 11.3 Å². The molecule has 3 nitrogen and oxygen atoms in total. The molecule has 1 aromatic carbocycles. The van der Waals surface area contributed by atoms with Gasteiger partial charge < -0.3 is 10.4 Å². The first-order chi connectivity index (χ1) is 11.0. The normalized spacial score (nSPS) is 11.6. The lowest BCUT2D eigenvalue weighted by molar-refractivity contribution is -0.149. The van der Waals surface area contributed by atoms with Gasteiger partial charge in [-0.15, -0.1) is 11.3 Å². The minimum absolute atomic E-state index is 0.481. The molecule has 23 heavy (non-hydrogen) atoms. The quantitative estimate of drug-likeness (QED) is 0.699. The number of hydrogen-bond acceptors (Lipinski definition) is 3. The number of carboxylic acids is 1. The van der Waals surface area contributed by atoms with E-state index in [1.54, 1.807) is 11.3 Å². The van der Waals surface area contributed by atoms with Crippen molar-refractivity contribution in [1.82, 2.24) is 5.32 Å². The van der Waals surface area contributed by atoms with Gasteiger partial charge >= 0.3 is 5.97 Å². The van der Waals surface area contributed by atoms with Gasteiger partial charge in [0.2, 0.25) is 0 Å². The summed E-state index contributed by atoms with van der Waals surface area (Å²) in [6, 6.07) is 11.9. The molecule has 2 N–H and O–H groups in total. The maximum atomic E-state index is 11.5. The largest absolute Gasteiger partial charge is 0.481 e. The van der Waals surface area contributed by atoms with Gasteiger partial charge in [0.05, 0.1) is 5.41 Å². The zero-order chi connectivity index (χ0) is 16.9. The number of halogens is 1. The van der Waals surface area contributed by atoms with Crippen molar-refractivity contribution in [3.63, 3.8) is 0 Å². The van der Waals surface area contributed by atoms with Crippen LogP contribution in [0, 0.1) is 5.41 Å². The van der Waals surface area contributed by atoms with Gasteiger partial charge in [-0.05, 0) is 31.0 Å². The van der Waals surface area contributed by atoms with Crippen LogP contribution in [0.25, 0.3) is 10.4 Å². The van der Waals surface area contributed by atoms with Crippen LogP contribution in [0.5, 0.6) is 0 Å². The van der Waals surface area contributed by atoms with Crippen LogP contribution in [0.3, 0.4) is 0 Å². The Kier molecular flexibility index (Phi) is 6.22. The van der Waals surface area contributed by atoms with Gasteiger partial charge in [-0.3, -0.25) is 4.79 Å². The standard InChI is InChI=1S/C18H22ClNO2S/c1-3-18(4-2,17(21)22)12-20-11-13-9-10-16(23-13)14-7-5-6-8-15(14)19/h5-10,20H,3-4,11-12H2,1-2H3,(H,21,22). The summed E-state index contributed by atoms with van der Waals surface area (Å²) >= 11 is 7.91. The monoisotopic (exact) mass is 351 g/mol. The summed E-state index contributed by atoms with van der Waals surface area (Å²) in [6.07, 6.45) is 1.25. The zero-order valence-corrected chi connectivity index (χ0v) is 15.0. The van der Waals surface area contributed by atoms with Gasteiger partial charge in [-0.2, -0.15) is 0 Å². The molecule has 1 heterocycles. The Labute approximate surface area is 146 Å². The summed E-state index contributed by atoms with van der Waals surface area (Å²) in [5.41, 5.74) is 0.357. The minimum Gasteiger partial charge on any atom is -0.481 e. The summed E-state index contributed by atoms with van der Waals surface area (Å²) in [7, 11) is 0. The van der Waals surface area contributed by atoms with Crippen LogP contribution in [0.15, 0.2) is 36.4 Å². The predicted molar refractivity (Wildman–Crippen MR) is 97.1 cm³/mol. The molecule has 0 amide bonds. The van der Waals surface area contributed by atoms with Gasteiger partial charge in [0.1, 0.15) is 0 Å². The van der Waals surface area contributed by atoms with Gasteiger partial charge in [-0.25, -0.2) is 0 Å². The third kappa shape index (κ3) is 4.14. The van der Waals surface area contributed by atoms with Crippen molar-refractivity contribution in [3.8, 4) is 10.4 Å². The van der Waals surface area contributed by atoms with Crippen molar-refractivity contribution in [2.75, 3.05) is 6.54 Å². The number of thiophene rings is 1. The molecule has 0 unspecified atom stereocenters. The SMILES string of the molecule is CCC(CC)(CNCc1ccc(-c2ccccc2Cl)s1)C(=O)O. The second-order valence-corrected chi connectivity index (χ2v) is 7.22. The van der Waals surface area contributed by atoms with Crippen LogP contribution in [0.4, 0.5) is 0 Å². The van der Waals surface area contributed by atoms with E-state index in [9.17, 15) is 9.90 Å². The highest BCUT2D eigenvalue weighted by Crippen LogP contribution is 2.33. The second kappa shape index (κ2) is 7.95. The second-order valence-electron chi connectivity index (χ2n) is 5.64. The summed E-state index contributed by atoms with van der Waals surface area (Å²) < 4.78 is 0. The van der Waals surface area contributed by atoms with Crippen molar-refractivity contribution in [1.29, 1.82) is 0 Å². The van der Waals surface area contributed by atoms with Gasteiger partial charge in [0, 0.05) is 33.4 Å². The molecule has 0 saturated carbocycles. The van der Waals surface area contributed by atoms with E-state index in [4.69, 9.17) is 11.6 Å². The molecule has 0 spiro atoms. The van der Waals surface area contributed by atoms with Crippen LogP contribution < -0.4 is 5.32 Å². The number of benzene rings is 1. The first-order valence-electron chi connectivity index (χ1n) is 7.80. The number of carbonyl (C=O) groups is 1. The van der Waals surface area contributed by atoms with Crippen molar-refractivity contribution in [2.24, 2.45) is 5.41 Å². The highest BCUT2D eigenvalue weighted by atomic mass is 35.5. The van der Waals surface area contributed by atoms with Crippen LogP contribution in [-0.4, -0.2) is 17.6 Å². The Morgan fingerprint density at radius 2 is 1.91 bits per heavy atom. The average molecular weight is 352 g/mol. The lowest BCUT2D eigenvalue weighted by Crippen LogP contribution is -2.39. The lowest BCUT2D eigenvalue weighted by atomic mass is 9.82. The van der Waals surface area contributed by atoms with E-state index in [-0.39, 0.29) is 0 Å². The predicted octanol–water partition coefficient (Wildman–Crippen LogP) is 5.05.